The van der Waals surface area contributed by atoms with Crippen LogP contribution in [0.1, 0.15) is 37.8 Å². The van der Waals surface area contributed by atoms with Gasteiger partial charge in [0, 0.05) is 13.1 Å². The summed E-state index contributed by atoms with van der Waals surface area (Å²) < 4.78 is 5.37. The number of hydrogen-bond donors (Lipinski definition) is 1. The Hall–Kier alpha value is -2.44. The van der Waals surface area contributed by atoms with E-state index in [0.717, 1.165) is 36.8 Å². The number of rotatable bonds is 5. The van der Waals surface area contributed by atoms with Gasteiger partial charge in [-0.05, 0) is 42.6 Å². The molecule has 0 aliphatic carbocycles. The van der Waals surface area contributed by atoms with Crippen LogP contribution in [0.15, 0.2) is 42.5 Å². The third-order valence-corrected chi connectivity index (χ3v) is 6.24. The normalized spacial score (nSPS) is 21.4. The van der Waals surface area contributed by atoms with E-state index in [0.29, 0.717) is 26.3 Å². The van der Waals surface area contributed by atoms with Crippen LogP contribution in [-0.4, -0.2) is 67.0 Å². The highest BCUT2D eigenvalue weighted by Gasteiger charge is 2.33. The minimum absolute atomic E-state index is 0.0305. The summed E-state index contributed by atoms with van der Waals surface area (Å²) in [6, 6.07) is 14.1. The van der Waals surface area contributed by atoms with Crippen molar-refractivity contribution in [2.24, 2.45) is 0 Å². The van der Waals surface area contributed by atoms with E-state index in [1.54, 1.807) is 0 Å². The van der Waals surface area contributed by atoms with E-state index in [4.69, 9.17) is 4.74 Å². The fourth-order valence-electron chi connectivity index (χ4n) is 4.63. The van der Waals surface area contributed by atoms with Crippen molar-refractivity contribution in [1.82, 2.24) is 15.1 Å². The number of nitrogens with one attached hydrogen (secondary N) is 1. The molecule has 0 saturated carbocycles. The van der Waals surface area contributed by atoms with E-state index in [-0.39, 0.29) is 30.4 Å². The van der Waals surface area contributed by atoms with Crippen molar-refractivity contribution >= 4 is 22.6 Å². The second-order valence-electron chi connectivity index (χ2n) is 8.28. The van der Waals surface area contributed by atoms with Crippen LogP contribution in [0.5, 0.6) is 0 Å². The Morgan fingerprint density at radius 3 is 2.67 bits per heavy atom. The number of carbonyl (C=O) groups is 2. The van der Waals surface area contributed by atoms with Gasteiger partial charge in [0.1, 0.15) is 0 Å². The summed E-state index contributed by atoms with van der Waals surface area (Å²) in [5.41, 5.74) is 1.11. The molecule has 30 heavy (non-hydrogen) atoms. The van der Waals surface area contributed by atoms with Crippen LogP contribution in [0.4, 0.5) is 0 Å². The predicted octanol–water partition coefficient (Wildman–Crippen LogP) is 2.73. The Bertz CT molecular complexity index is 889. The molecule has 2 aliphatic heterocycles. The van der Waals surface area contributed by atoms with Crippen molar-refractivity contribution in [3.8, 4) is 0 Å². The molecule has 0 bridgehead atoms. The molecule has 2 saturated heterocycles. The SMILES string of the molecule is C[C@@H](NC(=O)CN1CCCC[C@@H]1C(=O)N1CCOCC1)c1cccc2ccccc12. The van der Waals surface area contributed by atoms with Gasteiger partial charge in [-0.15, -0.1) is 0 Å². The van der Waals surface area contributed by atoms with E-state index in [1.807, 2.05) is 30.0 Å². The smallest absolute Gasteiger partial charge is 0.240 e. The lowest BCUT2D eigenvalue weighted by Gasteiger charge is -2.38. The monoisotopic (exact) mass is 409 g/mol. The van der Waals surface area contributed by atoms with E-state index in [2.05, 4.69) is 34.5 Å². The van der Waals surface area contributed by atoms with Crippen LogP contribution in [0.3, 0.4) is 0 Å². The van der Waals surface area contributed by atoms with Gasteiger partial charge in [-0.2, -0.15) is 0 Å². The summed E-state index contributed by atoms with van der Waals surface area (Å²) >= 11 is 0. The minimum Gasteiger partial charge on any atom is -0.378 e. The number of hydrogen-bond acceptors (Lipinski definition) is 4. The second-order valence-corrected chi connectivity index (χ2v) is 8.28. The van der Waals surface area contributed by atoms with E-state index in [9.17, 15) is 9.59 Å². The van der Waals surface area contributed by atoms with Gasteiger partial charge >= 0.3 is 0 Å². The fraction of sp³-hybridized carbons (Fsp3) is 0.500. The van der Waals surface area contributed by atoms with E-state index >= 15 is 0 Å². The standard InChI is InChI=1S/C24H31N3O3/c1-18(20-10-6-8-19-7-2-3-9-21(19)20)25-23(28)17-27-12-5-4-11-22(27)24(29)26-13-15-30-16-14-26/h2-3,6-10,18,22H,4-5,11-17H2,1H3,(H,25,28)/t18-,22-/m1/s1. The van der Waals surface area contributed by atoms with Crippen molar-refractivity contribution in [3.63, 3.8) is 0 Å². The number of carbonyl (C=O) groups excluding carboxylic acids is 2. The zero-order valence-electron chi connectivity index (χ0n) is 17.7. The Balaban J connectivity index is 1.41. The van der Waals surface area contributed by atoms with Gasteiger partial charge in [0.05, 0.1) is 31.8 Å². The number of amides is 2. The molecular formula is C24H31N3O3. The molecular weight excluding hydrogens is 378 g/mol. The van der Waals surface area contributed by atoms with Crippen molar-refractivity contribution < 1.29 is 14.3 Å². The first-order valence-electron chi connectivity index (χ1n) is 11.0. The van der Waals surface area contributed by atoms with Gasteiger partial charge < -0.3 is 15.0 Å². The summed E-state index contributed by atoms with van der Waals surface area (Å²) in [6.07, 6.45) is 2.88. The lowest BCUT2D eigenvalue weighted by molar-refractivity contribution is -0.143. The van der Waals surface area contributed by atoms with Crippen LogP contribution < -0.4 is 5.32 Å². The lowest BCUT2D eigenvalue weighted by atomic mass is 9.99. The predicted molar refractivity (Wildman–Crippen MR) is 117 cm³/mol. The molecule has 1 N–H and O–H groups in total. The summed E-state index contributed by atoms with van der Waals surface area (Å²) in [6.45, 7) is 5.56. The molecule has 2 amide bonds. The molecule has 2 aliphatic rings. The number of morpholine rings is 1. The average Bonchev–Trinajstić information content (AvgIpc) is 2.79. The Labute approximate surface area is 178 Å². The van der Waals surface area contributed by atoms with Crippen LogP contribution in [0.2, 0.25) is 0 Å². The van der Waals surface area contributed by atoms with Gasteiger partial charge in [0.2, 0.25) is 11.8 Å². The Kier molecular flexibility index (Phi) is 6.65. The molecule has 0 aromatic heterocycles. The van der Waals surface area contributed by atoms with Gasteiger partial charge in [0.15, 0.2) is 0 Å². The van der Waals surface area contributed by atoms with Crippen molar-refractivity contribution in [1.29, 1.82) is 0 Å². The highest BCUT2D eigenvalue weighted by molar-refractivity contribution is 5.87. The lowest BCUT2D eigenvalue weighted by Crippen LogP contribution is -2.55. The largest absolute Gasteiger partial charge is 0.378 e. The third-order valence-electron chi connectivity index (χ3n) is 6.24. The van der Waals surface area contributed by atoms with Crippen LogP contribution >= 0.6 is 0 Å². The molecule has 2 atom stereocenters. The summed E-state index contributed by atoms with van der Waals surface area (Å²) in [5.74, 6) is 0.116. The summed E-state index contributed by atoms with van der Waals surface area (Å²) in [7, 11) is 0. The molecule has 0 spiro atoms. The zero-order chi connectivity index (χ0) is 20.9. The number of fused-ring (bicyclic) bond motifs is 1. The highest BCUT2D eigenvalue weighted by Crippen LogP contribution is 2.24. The Morgan fingerprint density at radius 1 is 1.07 bits per heavy atom. The summed E-state index contributed by atoms with van der Waals surface area (Å²) in [5, 5.41) is 5.48. The van der Waals surface area contributed by atoms with Gasteiger partial charge in [-0.3, -0.25) is 14.5 Å². The Morgan fingerprint density at radius 2 is 1.83 bits per heavy atom. The molecule has 0 radical (unpaired) electrons. The molecule has 2 heterocycles. The van der Waals surface area contributed by atoms with Crippen molar-refractivity contribution in [2.45, 2.75) is 38.3 Å². The zero-order valence-corrected chi connectivity index (χ0v) is 17.7. The molecule has 0 unspecified atom stereocenters. The van der Waals surface area contributed by atoms with Crippen LogP contribution in [0.25, 0.3) is 10.8 Å². The fourth-order valence-corrected chi connectivity index (χ4v) is 4.63. The van der Waals surface area contributed by atoms with Crippen LogP contribution in [0, 0.1) is 0 Å². The molecule has 2 aromatic carbocycles. The number of nitrogens with zero attached hydrogens (tertiary/aromatic N) is 2. The molecule has 2 aromatic rings. The molecule has 6 nitrogen and oxygen atoms in total. The molecule has 2 fully saturated rings. The van der Waals surface area contributed by atoms with Gasteiger partial charge in [-0.25, -0.2) is 0 Å². The van der Waals surface area contributed by atoms with Gasteiger partial charge in [0.25, 0.3) is 0 Å². The molecule has 4 rings (SSSR count). The first-order valence-corrected chi connectivity index (χ1v) is 11.0. The minimum atomic E-state index is -0.199. The maximum Gasteiger partial charge on any atom is 0.240 e. The second kappa shape index (κ2) is 9.58. The van der Waals surface area contributed by atoms with Crippen molar-refractivity contribution in [2.75, 3.05) is 39.4 Å². The van der Waals surface area contributed by atoms with Crippen molar-refractivity contribution in [3.05, 3.63) is 48.0 Å². The van der Waals surface area contributed by atoms with E-state index in [1.165, 1.54) is 5.39 Å². The number of ether oxygens (including phenoxy) is 1. The number of piperidine rings is 1. The maximum absolute atomic E-state index is 13.0. The quantitative estimate of drug-likeness (QED) is 0.825. The van der Waals surface area contributed by atoms with Crippen LogP contribution in [-0.2, 0) is 14.3 Å². The van der Waals surface area contributed by atoms with Gasteiger partial charge in [-0.1, -0.05) is 48.9 Å². The third kappa shape index (κ3) is 4.65. The number of benzene rings is 2. The molecule has 160 valence electrons. The first kappa shape index (κ1) is 20.8. The summed E-state index contributed by atoms with van der Waals surface area (Å²) in [4.78, 5) is 29.9. The maximum atomic E-state index is 13.0. The topological polar surface area (TPSA) is 61.9 Å². The first-order chi connectivity index (χ1) is 14.6. The highest BCUT2D eigenvalue weighted by atomic mass is 16.5. The molecule has 6 heteroatoms. The van der Waals surface area contributed by atoms with E-state index < -0.39 is 0 Å². The average molecular weight is 410 g/mol. The number of likely N-dealkylation sites (tertiary alicyclic amines) is 1.